The zero-order valence-electron chi connectivity index (χ0n) is 12.5. The van der Waals surface area contributed by atoms with Crippen LogP contribution in [-0.4, -0.2) is 28.2 Å². The number of methoxy groups -OCH3 is 1. The molecule has 0 radical (unpaired) electrons. The van der Waals surface area contributed by atoms with Crippen LogP contribution in [0.4, 0.5) is 0 Å². The van der Waals surface area contributed by atoms with E-state index < -0.39 is 0 Å². The largest absolute Gasteiger partial charge is 0.496 e. The highest BCUT2D eigenvalue weighted by Gasteiger charge is 2.11. The summed E-state index contributed by atoms with van der Waals surface area (Å²) in [6.45, 7) is 0. The Kier molecular flexibility index (Phi) is 5.13. The Bertz CT molecular complexity index is 967. The molecule has 0 aliphatic heterocycles. The molecule has 0 amide bonds. The van der Waals surface area contributed by atoms with Gasteiger partial charge in [0, 0.05) is 5.56 Å². The number of nitrogens with one attached hydrogen (secondary N) is 1. The summed E-state index contributed by atoms with van der Waals surface area (Å²) in [6.07, 6.45) is 1.69. The van der Waals surface area contributed by atoms with Gasteiger partial charge in [-0.15, -0.1) is 0 Å². The van der Waals surface area contributed by atoms with E-state index in [4.69, 9.17) is 28.6 Å². The first-order chi connectivity index (χ1) is 11.6. The standard InChI is InChI=1S/C16H12BrClN4OS/c1-23-14-7-6-10(8-12(14)17)9-19-22-15(20-21-16(22)24)11-4-2-3-5-13(11)18/h2-9H,1H3,(H,21,24)/b19-9+. The van der Waals surface area contributed by atoms with Crippen molar-refractivity contribution in [3.63, 3.8) is 0 Å². The fourth-order valence-electron chi connectivity index (χ4n) is 2.10. The Morgan fingerprint density at radius 2 is 2.12 bits per heavy atom. The van der Waals surface area contributed by atoms with E-state index in [9.17, 15) is 0 Å². The minimum absolute atomic E-state index is 0.383. The number of ether oxygens (including phenoxy) is 1. The van der Waals surface area contributed by atoms with Gasteiger partial charge in [-0.2, -0.15) is 14.9 Å². The predicted octanol–water partition coefficient (Wildman–Crippen LogP) is 4.91. The van der Waals surface area contributed by atoms with E-state index in [1.807, 2.05) is 36.4 Å². The number of aromatic nitrogens is 3. The molecule has 0 saturated heterocycles. The third-order valence-corrected chi connectivity index (χ3v) is 4.48. The fourth-order valence-corrected chi connectivity index (χ4v) is 3.06. The fraction of sp³-hybridized carbons (Fsp3) is 0.0625. The molecule has 0 atom stereocenters. The van der Waals surface area contributed by atoms with Crippen molar-refractivity contribution in [1.29, 1.82) is 0 Å². The number of nitrogens with zero attached hydrogens (tertiary/aromatic N) is 3. The monoisotopic (exact) mass is 422 g/mol. The summed E-state index contributed by atoms with van der Waals surface area (Å²) in [6, 6.07) is 13.1. The zero-order chi connectivity index (χ0) is 17.1. The summed E-state index contributed by atoms with van der Waals surface area (Å²) >= 11 is 14.9. The molecule has 8 heteroatoms. The highest BCUT2D eigenvalue weighted by atomic mass is 79.9. The molecule has 2 aromatic carbocycles. The van der Waals surface area contributed by atoms with Crippen LogP contribution in [0.15, 0.2) is 52.0 Å². The van der Waals surface area contributed by atoms with Crippen LogP contribution in [0.3, 0.4) is 0 Å². The topological polar surface area (TPSA) is 55.2 Å². The lowest BCUT2D eigenvalue weighted by Gasteiger charge is -2.04. The molecule has 5 nitrogen and oxygen atoms in total. The lowest BCUT2D eigenvalue weighted by atomic mass is 10.2. The van der Waals surface area contributed by atoms with Gasteiger partial charge < -0.3 is 4.74 Å². The van der Waals surface area contributed by atoms with Gasteiger partial charge in [-0.25, -0.2) is 5.10 Å². The van der Waals surface area contributed by atoms with Gasteiger partial charge in [0.15, 0.2) is 5.82 Å². The Labute approximate surface area is 157 Å². The highest BCUT2D eigenvalue weighted by molar-refractivity contribution is 9.10. The second kappa shape index (κ2) is 7.29. The number of benzene rings is 2. The van der Waals surface area contributed by atoms with E-state index >= 15 is 0 Å². The first-order valence-electron chi connectivity index (χ1n) is 6.90. The van der Waals surface area contributed by atoms with Crippen molar-refractivity contribution in [3.05, 3.63) is 62.3 Å². The molecule has 0 spiro atoms. The van der Waals surface area contributed by atoms with Crippen molar-refractivity contribution >= 4 is 46.0 Å². The van der Waals surface area contributed by atoms with Crippen molar-refractivity contribution < 1.29 is 4.74 Å². The van der Waals surface area contributed by atoms with Crippen LogP contribution < -0.4 is 4.74 Å². The van der Waals surface area contributed by atoms with E-state index in [0.29, 0.717) is 15.6 Å². The van der Waals surface area contributed by atoms with Gasteiger partial charge in [0.2, 0.25) is 4.77 Å². The van der Waals surface area contributed by atoms with Crippen LogP contribution in [-0.2, 0) is 0 Å². The third-order valence-electron chi connectivity index (χ3n) is 3.26. The number of H-pyrrole nitrogens is 1. The highest BCUT2D eigenvalue weighted by Crippen LogP contribution is 2.27. The lowest BCUT2D eigenvalue weighted by Crippen LogP contribution is -1.96. The molecule has 3 aromatic rings. The van der Waals surface area contributed by atoms with Gasteiger partial charge in [-0.1, -0.05) is 23.7 Å². The quantitative estimate of drug-likeness (QED) is 0.479. The average molecular weight is 424 g/mol. The smallest absolute Gasteiger partial charge is 0.216 e. The average Bonchev–Trinajstić information content (AvgIpc) is 2.94. The molecule has 1 N–H and O–H groups in total. The van der Waals surface area contributed by atoms with Crippen molar-refractivity contribution in [2.45, 2.75) is 0 Å². The van der Waals surface area contributed by atoms with E-state index in [1.165, 1.54) is 4.68 Å². The van der Waals surface area contributed by atoms with Crippen molar-refractivity contribution in [1.82, 2.24) is 14.9 Å². The van der Waals surface area contributed by atoms with Gasteiger partial charge in [0.25, 0.3) is 0 Å². The van der Waals surface area contributed by atoms with E-state index in [2.05, 4.69) is 31.2 Å². The van der Waals surface area contributed by atoms with Crippen LogP contribution in [0.2, 0.25) is 5.02 Å². The van der Waals surface area contributed by atoms with Crippen molar-refractivity contribution in [2.24, 2.45) is 5.10 Å². The van der Waals surface area contributed by atoms with Crippen LogP contribution in [0.1, 0.15) is 5.56 Å². The minimum atomic E-state index is 0.383. The van der Waals surface area contributed by atoms with Crippen LogP contribution in [0.5, 0.6) is 5.75 Å². The SMILES string of the molecule is COc1ccc(/C=N/n2c(-c3ccccc3Cl)n[nH]c2=S)cc1Br. The van der Waals surface area contributed by atoms with Gasteiger partial charge in [-0.05, 0) is 64.0 Å². The number of hydrogen-bond donors (Lipinski definition) is 1. The summed E-state index contributed by atoms with van der Waals surface area (Å²) in [7, 11) is 1.62. The number of hydrogen-bond acceptors (Lipinski definition) is 4. The Morgan fingerprint density at radius 3 is 2.83 bits per heavy atom. The van der Waals surface area contributed by atoms with Gasteiger partial charge in [-0.3, -0.25) is 0 Å². The molecule has 3 rings (SSSR count). The van der Waals surface area contributed by atoms with E-state index in [0.717, 1.165) is 21.3 Å². The molecule has 1 aromatic heterocycles. The summed E-state index contributed by atoms with van der Waals surface area (Å²) in [5, 5.41) is 12.0. The Balaban J connectivity index is 1.99. The molecule has 122 valence electrons. The van der Waals surface area contributed by atoms with Crippen molar-refractivity contribution in [3.8, 4) is 17.1 Å². The first-order valence-corrected chi connectivity index (χ1v) is 8.48. The zero-order valence-corrected chi connectivity index (χ0v) is 15.7. The van der Waals surface area contributed by atoms with Crippen LogP contribution >= 0.6 is 39.7 Å². The number of halogens is 2. The molecule has 1 heterocycles. The van der Waals surface area contributed by atoms with Crippen LogP contribution in [0, 0.1) is 4.77 Å². The van der Waals surface area contributed by atoms with Crippen LogP contribution in [0.25, 0.3) is 11.4 Å². The summed E-state index contributed by atoms with van der Waals surface area (Å²) in [5.41, 5.74) is 1.63. The molecular weight excluding hydrogens is 412 g/mol. The second-order valence-corrected chi connectivity index (χ2v) is 6.43. The van der Waals surface area contributed by atoms with E-state index in [-0.39, 0.29) is 0 Å². The summed E-state index contributed by atoms with van der Waals surface area (Å²) in [5.74, 6) is 1.30. The minimum Gasteiger partial charge on any atom is -0.496 e. The second-order valence-electron chi connectivity index (χ2n) is 4.78. The first kappa shape index (κ1) is 16.9. The molecule has 0 fully saturated rings. The number of aromatic amines is 1. The molecule has 24 heavy (non-hydrogen) atoms. The van der Waals surface area contributed by atoms with Gasteiger partial charge in [0.1, 0.15) is 5.75 Å². The number of rotatable bonds is 4. The third kappa shape index (κ3) is 3.43. The predicted molar refractivity (Wildman–Crippen MR) is 102 cm³/mol. The van der Waals surface area contributed by atoms with Crippen molar-refractivity contribution in [2.75, 3.05) is 7.11 Å². The molecule has 0 saturated carbocycles. The molecular formula is C16H12BrClN4OS. The van der Waals surface area contributed by atoms with Gasteiger partial charge >= 0.3 is 0 Å². The van der Waals surface area contributed by atoms with Gasteiger partial charge in [0.05, 0.1) is 22.8 Å². The molecule has 0 unspecified atom stereocenters. The Morgan fingerprint density at radius 1 is 1.33 bits per heavy atom. The maximum absolute atomic E-state index is 6.24. The summed E-state index contributed by atoms with van der Waals surface area (Å²) in [4.78, 5) is 0. The normalized spacial score (nSPS) is 11.1. The lowest BCUT2D eigenvalue weighted by molar-refractivity contribution is 0.412. The molecule has 0 bridgehead atoms. The molecule has 0 aliphatic carbocycles. The molecule has 0 aliphatic rings. The maximum Gasteiger partial charge on any atom is 0.216 e. The maximum atomic E-state index is 6.24. The summed E-state index contributed by atoms with van der Waals surface area (Å²) < 4.78 is 7.98. The van der Waals surface area contributed by atoms with E-state index in [1.54, 1.807) is 19.4 Å². The Hall–Kier alpha value is -1.96.